The summed E-state index contributed by atoms with van der Waals surface area (Å²) in [5.41, 5.74) is 3.05. The van der Waals surface area contributed by atoms with Crippen LogP contribution < -0.4 is 5.32 Å². The summed E-state index contributed by atoms with van der Waals surface area (Å²) >= 11 is 1.66. The molecular weight excluding hydrogens is 216 g/mol. The third kappa shape index (κ3) is 4.90. The van der Waals surface area contributed by atoms with Crippen LogP contribution in [-0.2, 0) is 0 Å². The number of rotatable bonds is 8. The Balaban J connectivity index is 2.18. The Kier molecular flexibility index (Phi) is 6.34. The Morgan fingerprint density at radius 1 is 1.50 bits per heavy atom. The normalized spacial score (nSPS) is 14.6. The number of nitrogens with one attached hydrogen (secondary N) is 1. The molecule has 1 aromatic heterocycles. The minimum atomic E-state index is 0.362. The predicted octanol–water partition coefficient (Wildman–Crippen LogP) is 3.93. The van der Waals surface area contributed by atoms with Gasteiger partial charge >= 0.3 is 0 Å². The molecular formula is C13H22N2S. The molecule has 0 fully saturated rings. The molecule has 0 aliphatic rings. The number of aromatic nitrogens is 1. The van der Waals surface area contributed by atoms with Crippen LogP contribution >= 0.6 is 11.3 Å². The fraction of sp³-hybridized carbons (Fsp3) is 0.615. The van der Waals surface area contributed by atoms with Crippen LogP contribution in [0.15, 0.2) is 23.5 Å². The molecule has 0 saturated carbocycles. The summed E-state index contributed by atoms with van der Waals surface area (Å²) in [6, 6.07) is 0.919. The molecule has 3 heteroatoms. The SMILES string of the molecule is C=CCCCCC(C)NC(C)c1cscn1. The summed E-state index contributed by atoms with van der Waals surface area (Å²) in [4.78, 5) is 4.32. The largest absolute Gasteiger partial charge is 0.306 e. The Morgan fingerprint density at radius 2 is 2.31 bits per heavy atom. The van der Waals surface area contributed by atoms with Gasteiger partial charge in [-0.2, -0.15) is 0 Å². The lowest BCUT2D eigenvalue weighted by Crippen LogP contribution is -2.29. The van der Waals surface area contributed by atoms with E-state index in [1.807, 2.05) is 11.6 Å². The maximum atomic E-state index is 4.32. The van der Waals surface area contributed by atoms with Crippen LogP contribution in [0.25, 0.3) is 0 Å². The van der Waals surface area contributed by atoms with Crippen molar-refractivity contribution in [2.75, 3.05) is 0 Å². The lowest BCUT2D eigenvalue weighted by atomic mass is 10.1. The molecule has 1 heterocycles. The van der Waals surface area contributed by atoms with Gasteiger partial charge in [0.15, 0.2) is 0 Å². The standard InChI is InChI=1S/C13H22N2S/c1-4-5-6-7-8-11(2)15-12(3)13-9-16-10-14-13/h4,9-12,15H,1,5-8H2,2-3H3. The molecule has 90 valence electrons. The van der Waals surface area contributed by atoms with Gasteiger partial charge in [-0.25, -0.2) is 4.98 Å². The number of nitrogens with zero attached hydrogens (tertiary/aromatic N) is 1. The van der Waals surface area contributed by atoms with E-state index in [0.717, 1.165) is 12.1 Å². The zero-order valence-corrected chi connectivity index (χ0v) is 11.1. The van der Waals surface area contributed by atoms with Crippen LogP contribution in [0.5, 0.6) is 0 Å². The first kappa shape index (κ1) is 13.4. The van der Waals surface area contributed by atoms with E-state index >= 15 is 0 Å². The number of unbranched alkanes of at least 4 members (excludes halogenated alkanes) is 2. The highest BCUT2D eigenvalue weighted by molar-refractivity contribution is 7.07. The summed E-state index contributed by atoms with van der Waals surface area (Å²) < 4.78 is 0. The van der Waals surface area contributed by atoms with E-state index in [0.29, 0.717) is 12.1 Å². The number of hydrogen-bond donors (Lipinski definition) is 1. The maximum absolute atomic E-state index is 4.32. The molecule has 1 N–H and O–H groups in total. The highest BCUT2D eigenvalue weighted by Crippen LogP contribution is 2.14. The quantitative estimate of drug-likeness (QED) is 0.548. The van der Waals surface area contributed by atoms with E-state index in [4.69, 9.17) is 0 Å². The minimum absolute atomic E-state index is 0.362. The molecule has 0 aromatic carbocycles. The zero-order chi connectivity index (χ0) is 11.8. The summed E-state index contributed by atoms with van der Waals surface area (Å²) in [7, 11) is 0. The molecule has 0 aliphatic carbocycles. The zero-order valence-electron chi connectivity index (χ0n) is 10.3. The first-order chi connectivity index (χ1) is 7.74. The number of hydrogen-bond acceptors (Lipinski definition) is 3. The number of allylic oxidation sites excluding steroid dienone is 1. The third-order valence-electron chi connectivity index (χ3n) is 2.72. The minimum Gasteiger partial charge on any atom is -0.306 e. The van der Waals surface area contributed by atoms with E-state index in [2.05, 4.69) is 36.1 Å². The average Bonchev–Trinajstić information content (AvgIpc) is 2.77. The summed E-state index contributed by atoms with van der Waals surface area (Å²) in [5, 5.41) is 5.69. The van der Waals surface area contributed by atoms with Crippen LogP contribution in [0.4, 0.5) is 0 Å². The maximum Gasteiger partial charge on any atom is 0.0795 e. The topological polar surface area (TPSA) is 24.9 Å². The summed E-state index contributed by atoms with van der Waals surface area (Å²) in [6.07, 6.45) is 6.87. The van der Waals surface area contributed by atoms with Gasteiger partial charge in [0.25, 0.3) is 0 Å². The molecule has 2 nitrogen and oxygen atoms in total. The van der Waals surface area contributed by atoms with Crippen molar-refractivity contribution in [3.05, 3.63) is 29.2 Å². The molecule has 2 unspecified atom stereocenters. The van der Waals surface area contributed by atoms with Crippen molar-refractivity contribution in [1.29, 1.82) is 0 Å². The predicted molar refractivity (Wildman–Crippen MR) is 71.8 cm³/mol. The van der Waals surface area contributed by atoms with Gasteiger partial charge in [-0.3, -0.25) is 0 Å². The molecule has 0 spiro atoms. The molecule has 0 bridgehead atoms. The van der Waals surface area contributed by atoms with Crippen LogP contribution in [0.2, 0.25) is 0 Å². The van der Waals surface area contributed by atoms with Crippen molar-refractivity contribution < 1.29 is 0 Å². The molecule has 1 aromatic rings. The van der Waals surface area contributed by atoms with Crippen LogP contribution in [0.3, 0.4) is 0 Å². The van der Waals surface area contributed by atoms with Gasteiger partial charge < -0.3 is 5.32 Å². The van der Waals surface area contributed by atoms with Gasteiger partial charge in [-0.05, 0) is 33.1 Å². The Bertz CT molecular complexity index is 282. The van der Waals surface area contributed by atoms with E-state index in [-0.39, 0.29) is 0 Å². The first-order valence-corrected chi connectivity index (χ1v) is 6.93. The van der Waals surface area contributed by atoms with Gasteiger partial charge in [0.05, 0.1) is 11.2 Å². The molecule has 0 aliphatic heterocycles. The van der Waals surface area contributed by atoms with Gasteiger partial charge in [-0.15, -0.1) is 17.9 Å². The van der Waals surface area contributed by atoms with E-state index in [9.17, 15) is 0 Å². The lowest BCUT2D eigenvalue weighted by molar-refractivity contribution is 0.437. The molecule has 2 atom stereocenters. The fourth-order valence-corrected chi connectivity index (χ4v) is 2.42. The third-order valence-corrected chi connectivity index (χ3v) is 3.33. The Labute approximate surface area is 103 Å². The summed E-state index contributed by atoms with van der Waals surface area (Å²) in [5.74, 6) is 0. The van der Waals surface area contributed by atoms with Crippen molar-refractivity contribution in [2.24, 2.45) is 0 Å². The second-order valence-electron chi connectivity index (χ2n) is 4.28. The van der Waals surface area contributed by atoms with Crippen molar-refractivity contribution in [1.82, 2.24) is 10.3 Å². The summed E-state index contributed by atoms with van der Waals surface area (Å²) in [6.45, 7) is 8.16. The second kappa shape index (κ2) is 7.58. The van der Waals surface area contributed by atoms with Crippen LogP contribution in [0, 0.1) is 0 Å². The van der Waals surface area contributed by atoms with Crippen molar-refractivity contribution in [3.63, 3.8) is 0 Å². The van der Waals surface area contributed by atoms with E-state index in [1.165, 1.54) is 19.3 Å². The molecule has 0 saturated heterocycles. The smallest absolute Gasteiger partial charge is 0.0795 e. The molecule has 0 amide bonds. The monoisotopic (exact) mass is 238 g/mol. The van der Waals surface area contributed by atoms with Crippen LogP contribution in [0.1, 0.15) is 51.3 Å². The fourth-order valence-electron chi connectivity index (χ4n) is 1.77. The van der Waals surface area contributed by atoms with Crippen molar-refractivity contribution >= 4 is 11.3 Å². The first-order valence-electron chi connectivity index (χ1n) is 5.99. The van der Waals surface area contributed by atoms with Gasteiger partial charge in [0, 0.05) is 17.5 Å². The Hall–Kier alpha value is -0.670. The lowest BCUT2D eigenvalue weighted by Gasteiger charge is -2.18. The van der Waals surface area contributed by atoms with Gasteiger partial charge in [-0.1, -0.05) is 12.5 Å². The molecule has 0 radical (unpaired) electrons. The van der Waals surface area contributed by atoms with Gasteiger partial charge in [0.1, 0.15) is 0 Å². The second-order valence-corrected chi connectivity index (χ2v) is 4.99. The van der Waals surface area contributed by atoms with E-state index in [1.54, 1.807) is 11.3 Å². The highest BCUT2D eigenvalue weighted by Gasteiger charge is 2.10. The number of thiazole rings is 1. The average molecular weight is 238 g/mol. The highest BCUT2D eigenvalue weighted by atomic mass is 32.1. The van der Waals surface area contributed by atoms with Crippen molar-refractivity contribution in [2.45, 2.75) is 51.6 Å². The van der Waals surface area contributed by atoms with Crippen molar-refractivity contribution in [3.8, 4) is 0 Å². The van der Waals surface area contributed by atoms with Gasteiger partial charge in [0.2, 0.25) is 0 Å². The van der Waals surface area contributed by atoms with E-state index < -0.39 is 0 Å². The Morgan fingerprint density at radius 3 is 2.94 bits per heavy atom. The molecule has 1 rings (SSSR count). The van der Waals surface area contributed by atoms with Crippen LogP contribution in [-0.4, -0.2) is 11.0 Å². The molecule has 16 heavy (non-hydrogen) atoms.